The Morgan fingerprint density at radius 1 is 1.29 bits per heavy atom. The van der Waals surface area contributed by atoms with Gasteiger partial charge in [0.15, 0.2) is 5.65 Å². The van der Waals surface area contributed by atoms with E-state index >= 15 is 0 Å². The molecule has 1 N–H and O–H groups in total. The van der Waals surface area contributed by atoms with Gasteiger partial charge < -0.3 is 5.11 Å². The molecule has 4 heterocycles. The van der Waals surface area contributed by atoms with Gasteiger partial charge in [0.2, 0.25) is 5.92 Å². The van der Waals surface area contributed by atoms with E-state index in [1.165, 1.54) is 11.3 Å². The molecule has 0 spiro atoms. The molecule has 0 saturated heterocycles. The number of aliphatic hydroxyl groups is 1. The SMILES string of the molecule is CCn1cc2cc(-c3ccc4cc(C(O)C5CC(F)(F)C5)sc4n3)cnc2n1. The summed E-state index contributed by atoms with van der Waals surface area (Å²) in [5.74, 6) is -3.02. The molecule has 0 aliphatic heterocycles. The lowest BCUT2D eigenvalue weighted by Crippen LogP contribution is -2.38. The summed E-state index contributed by atoms with van der Waals surface area (Å²) in [6, 6.07) is 7.72. The van der Waals surface area contributed by atoms with Crippen LogP contribution in [0.4, 0.5) is 8.78 Å². The highest BCUT2D eigenvalue weighted by molar-refractivity contribution is 7.18. The van der Waals surface area contributed by atoms with Crippen LogP contribution in [0, 0.1) is 5.92 Å². The van der Waals surface area contributed by atoms with Crippen molar-refractivity contribution in [3.8, 4) is 11.3 Å². The Hall–Kier alpha value is -2.45. The third kappa shape index (κ3) is 2.97. The first-order chi connectivity index (χ1) is 13.4. The average Bonchev–Trinajstić information content (AvgIpc) is 3.27. The lowest BCUT2D eigenvalue weighted by Gasteiger charge is -2.37. The van der Waals surface area contributed by atoms with Gasteiger partial charge in [-0.1, -0.05) is 0 Å². The summed E-state index contributed by atoms with van der Waals surface area (Å²) in [6.07, 6.45) is 2.35. The van der Waals surface area contributed by atoms with Gasteiger partial charge in [0.1, 0.15) is 4.83 Å². The largest absolute Gasteiger partial charge is 0.387 e. The van der Waals surface area contributed by atoms with Gasteiger partial charge in [0.25, 0.3) is 0 Å². The van der Waals surface area contributed by atoms with Crippen molar-refractivity contribution in [3.05, 3.63) is 41.5 Å². The van der Waals surface area contributed by atoms with Crippen molar-refractivity contribution in [2.75, 3.05) is 0 Å². The van der Waals surface area contributed by atoms with Crippen LogP contribution >= 0.6 is 11.3 Å². The highest BCUT2D eigenvalue weighted by Crippen LogP contribution is 2.49. The van der Waals surface area contributed by atoms with Gasteiger partial charge in [-0.15, -0.1) is 11.3 Å². The maximum absolute atomic E-state index is 13.1. The van der Waals surface area contributed by atoms with Gasteiger partial charge in [-0.25, -0.2) is 18.7 Å². The summed E-state index contributed by atoms with van der Waals surface area (Å²) in [7, 11) is 0. The van der Waals surface area contributed by atoms with Crippen LogP contribution in [0.25, 0.3) is 32.5 Å². The van der Waals surface area contributed by atoms with Gasteiger partial charge in [0, 0.05) is 58.9 Å². The van der Waals surface area contributed by atoms with Crippen LogP contribution in [-0.2, 0) is 6.54 Å². The van der Waals surface area contributed by atoms with Crippen LogP contribution in [0.5, 0.6) is 0 Å². The van der Waals surface area contributed by atoms with E-state index < -0.39 is 12.0 Å². The Morgan fingerprint density at radius 2 is 2.11 bits per heavy atom. The highest BCUT2D eigenvalue weighted by atomic mass is 32.1. The number of rotatable bonds is 4. The Bertz CT molecular complexity index is 1180. The van der Waals surface area contributed by atoms with Crippen molar-refractivity contribution < 1.29 is 13.9 Å². The van der Waals surface area contributed by atoms with E-state index in [0.29, 0.717) is 10.5 Å². The van der Waals surface area contributed by atoms with E-state index in [4.69, 9.17) is 4.98 Å². The summed E-state index contributed by atoms with van der Waals surface area (Å²) in [6.45, 7) is 2.80. The third-order valence-electron chi connectivity index (χ3n) is 5.29. The van der Waals surface area contributed by atoms with Crippen LogP contribution in [0.15, 0.2) is 36.7 Å². The minimum atomic E-state index is -2.63. The van der Waals surface area contributed by atoms with E-state index in [1.54, 1.807) is 6.20 Å². The van der Waals surface area contributed by atoms with Crippen LogP contribution in [0.1, 0.15) is 30.7 Å². The third-order valence-corrected chi connectivity index (χ3v) is 6.40. The van der Waals surface area contributed by atoms with Crippen molar-refractivity contribution in [3.63, 3.8) is 0 Å². The second-order valence-corrected chi connectivity index (χ2v) is 8.39. The van der Waals surface area contributed by atoms with Crippen molar-refractivity contribution in [2.45, 2.75) is 38.3 Å². The second kappa shape index (κ2) is 6.28. The molecule has 4 aromatic rings. The predicted molar refractivity (Wildman–Crippen MR) is 104 cm³/mol. The standard InChI is InChI=1S/C20H18F2N4OS/c1-2-26-10-13-5-12(9-23-18(13)25-26)15-4-3-11-6-16(28-19(11)24-15)17(27)14-7-20(21,22)8-14/h3-6,9-10,14,17,27H,2,7-8H2,1H3. The van der Waals surface area contributed by atoms with E-state index in [9.17, 15) is 13.9 Å². The summed E-state index contributed by atoms with van der Waals surface area (Å²) in [5.41, 5.74) is 2.37. The molecule has 1 saturated carbocycles. The Kier molecular flexibility index (Phi) is 3.96. The molecule has 0 radical (unpaired) electrons. The monoisotopic (exact) mass is 400 g/mol. The summed E-state index contributed by atoms with van der Waals surface area (Å²) in [5, 5.41) is 16.7. The highest BCUT2D eigenvalue weighted by Gasteiger charge is 2.48. The topological polar surface area (TPSA) is 63.8 Å². The summed E-state index contributed by atoms with van der Waals surface area (Å²) >= 11 is 1.36. The second-order valence-electron chi connectivity index (χ2n) is 7.33. The van der Waals surface area contributed by atoms with Gasteiger partial charge in [-0.05, 0) is 31.2 Å². The Morgan fingerprint density at radius 3 is 2.86 bits per heavy atom. The number of hydrogen-bond acceptors (Lipinski definition) is 5. The average molecular weight is 400 g/mol. The number of thiophene rings is 1. The van der Waals surface area contributed by atoms with Crippen molar-refractivity contribution in [2.24, 2.45) is 5.92 Å². The molecule has 5 rings (SSSR count). The van der Waals surface area contributed by atoms with E-state index in [2.05, 4.69) is 10.1 Å². The minimum absolute atomic E-state index is 0.252. The molecule has 0 aromatic carbocycles. The zero-order chi connectivity index (χ0) is 19.5. The van der Waals surface area contributed by atoms with Crippen LogP contribution < -0.4 is 0 Å². The summed E-state index contributed by atoms with van der Waals surface area (Å²) < 4.78 is 28.1. The molecule has 1 fully saturated rings. The van der Waals surface area contributed by atoms with E-state index in [-0.39, 0.29) is 18.8 Å². The zero-order valence-electron chi connectivity index (χ0n) is 15.1. The molecule has 144 valence electrons. The molecule has 4 aromatic heterocycles. The number of aliphatic hydroxyl groups excluding tert-OH is 1. The number of pyridine rings is 2. The molecule has 8 heteroatoms. The summed E-state index contributed by atoms with van der Waals surface area (Å²) in [4.78, 5) is 10.6. The first kappa shape index (κ1) is 17.6. The van der Waals surface area contributed by atoms with Crippen LogP contribution in [0.2, 0.25) is 0 Å². The fourth-order valence-corrected chi connectivity index (χ4v) is 4.78. The number of halogens is 2. The molecular weight excluding hydrogens is 382 g/mol. The van der Waals surface area contributed by atoms with Gasteiger partial charge in [-0.3, -0.25) is 4.68 Å². The number of hydrogen-bond donors (Lipinski definition) is 1. The van der Waals surface area contributed by atoms with E-state index in [0.717, 1.165) is 33.4 Å². The van der Waals surface area contributed by atoms with Crippen molar-refractivity contribution in [1.82, 2.24) is 19.7 Å². The fourth-order valence-electron chi connectivity index (χ4n) is 3.67. The van der Waals surface area contributed by atoms with Crippen LogP contribution in [0.3, 0.4) is 0 Å². The van der Waals surface area contributed by atoms with Crippen molar-refractivity contribution >= 4 is 32.6 Å². The number of fused-ring (bicyclic) bond motifs is 2. The minimum Gasteiger partial charge on any atom is -0.387 e. The first-order valence-electron chi connectivity index (χ1n) is 9.22. The predicted octanol–water partition coefficient (Wildman–Crippen LogP) is 4.81. The number of aryl methyl sites for hydroxylation is 1. The Balaban J connectivity index is 1.46. The molecule has 28 heavy (non-hydrogen) atoms. The maximum Gasteiger partial charge on any atom is 0.248 e. The van der Waals surface area contributed by atoms with Crippen LogP contribution in [-0.4, -0.2) is 30.8 Å². The van der Waals surface area contributed by atoms with E-state index in [1.807, 2.05) is 42.1 Å². The number of aromatic nitrogens is 4. The maximum atomic E-state index is 13.1. The Labute approximate surface area is 163 Å². The normalized spacial score (nSPS) is 17.9. The van der Waals surface area contributed by atoms with Crippen molar-refractivity contribution in [1.29, 1.82) is 0 Å². The van der Waals surface area contributed by atoms with Gasteiger partial charge in [0.05, 0.1) is 11.8 Å². The molecule has 1 aliphatic rings. The van der Waals surface area contributed by atoms with Gasteiger partial charge >= 0.3 is 0 Å². The fraction of sp³-hybridized carbons (Fsp3) is 0.350. The molecule has 1 atom stereocenters. The first-order valence-corrected chi connectivity index (χ1v) is 10.0. The molecule has 1 unspecified atom stereocenters. The molecule has 0 bridgehead atoms. The lowest BCUT2D eigenvalue weighted by molar-refractivity contribution is -0.141. The zero-order valence-corrected chi connectivity index (χ0v) is 16.0. The molecule has 5 nitrogen and oxygen atoms in total. The van der Waals surface area contributed by atoms with Gasteiger partial charge in [-0.2, -0.15) is 5.10 Å². The lowest BCUT2D eigenvalue weighted by atomic mass is 9.77. The smallest absolute Gasteiger partial charge is 0.248 e. The molecule has 0 amide bonds. The quantitative estimate of drug-likeness (QED) is 0.534. The number of nitrogens with zero attached hydrogens (tertiary/aromatic N) is 4. The number of alkyl halides is 2. The molecular formula is C20H18F2N4OS. The molecule has 1 aliphatic carbocycles.